The van der Waals surface area contributed by atoms with Crippen LogP contribution in [0.3, 0.4) is 0 Å². The first kappa shape index (κ1) is 12.4. The molecule has 5 nitrogen and oxygen atoms in total. The van der Waals surface area contributed by atoms with Gasteiger partial charge in [0.05, 0.1) is 18.6 Å². The minimum atomic E-state index is -0.209. The van der Waals surface area contributed by atoms with Gasteiger partial charge in [-0.1, -0.05) is 0 Å². The predicted molar refractivity (Wildman–Crippen MR) is 62.2 cm³/mol. The van der Waals surface area contributed by atoms with E-state index in [1.54, 1.807) is 16.8 Å². The minimum absolute atomic E-state index is 0.0300. The first-order valence-corrected chi connectivity index (χ1v) is 6.28. The van der Waals surface area contributed by atoms with E-state index >= 15 is 0 Å². The lowest BCUT2D eigenvalue weighted by atomic mass is 9.99. The van der Waals surface area contributed by atoms with Crippen LogP contribution in [0.1, 0.15) is 25.7 Å². The zero-order chi connectivity index (χ0) is 12.4. The first-order valence-electron chi connectivity index (χ1n) is 6.28. The number of hydrogen-bond acceptors (Lipinski definition) is 3. The molecule has 0 spiro atoms. The number of amides is 2. The molecule has 0 aromatic rings. The lowest BCUT2D eigenvalue weighted by Gasteiger charge is -2.36. The van der Waals surface area contributed by atoms with E-state index in [1.807, 2.05) is 0 Å². The molecule has 2 fully saturated rings. The van der Waals surface area contributed by atoms with Crippen LogP contribution in [-0.4, -0.2) is 59.5 Å². The van der Waals surface area contributed by atoms with Crippen LogP contribution in [0.4, 0.5) is 0 Å². The number of aliphatic hydroxyl groups is 1. The third-order valence-corrected chi connectivity index (χ3v) is 3.81. The number of likely N-dealkylation sites (tertiary alicyclic amines) is 2. The number of rotatable bonds is 2. The molecule has 0 radical (unpaired) electrons. The molecule has 96 valence electrons. The van der Waals surface area contributed by atoms with Crippen LogP contribution in [0.15, 0.2) is 0 Å². The Balaban J connectivity index is 2.01. The van der Waals surface area contributed by atoms with Gasteiger partial charge in [-0.25, -0.2) is 0 Å². The van der Waals surface area contributed by atoms with Gasteiger partial charge in [0.2, 0.25) is 11.8 Å². The lowest BCUT2D eigenvalue weighted by Crippen LogP contribution is -2.48. The van der Waals surface area contributed by atoms with Crippen LogP contribution in [0.25, 0.3) is 0 Å². The highest BCUT2D eigenvalue weighted by Crippen LogP contribution is 2.23. The third kappa shape index (κ3) is 2.44. The van der Waals surface area contributed by atoms with E-state index in [0.29, 0.717) is 13.0 Å². The van der Waals surface area contributed by atoms with Gasteiger partial charge < -0.3 is 14.9 Å². The average molecular weight is 240 g/mol. The van der Waals surface area contributed by atoms with Gasteiger partial charge in [-0.3, -0.25) is 9.59 Å². The summed E-state index contributed by atoms with van der Waals surface area (Å²) in [7, 11) is 1.73. The van der Waals surface area contributed by atoms with Crippen molar-refractivity contribution < 1.29 is 14.7 Å². The molecular formula is C12H20N2O3. The topological polar surface area (TPSA) is 60.9 Å². The van der Waals surface area contributed by atoms with E-state index in [9.17, 15) is 14.7 Å². The summed E-state index contributed by atoms with van der Waals surface area (Å²) in [5, 5.41) is 9.29. The summed E-state index contributed by atoms with van der Waals surface area (Å²) in [6.07, 6.45) is 3.26. The van der Waals surface area contributed by atoms with Crippen molar-refractivity contribution >= 4 is 11.8 Å². The molecule has 2 saturated heterocycles. The second-order valence-corrected chi connectivity index (χ2v) is 5.04. The summed E-state index contributed by atoms with van der Waals surface area (Å²) in [4.78, 5) is 27.1. The summed E-state index contributed by atoms with van der Waals surface area (Å²) in [6.45, 7) is 1.27. The van der Waals surface area contributed by atoms with Gasteiger partial charge in [0.1, 0.15) is 0 Å². The summed E-state index contributed by atoms with van der Waals surface area (Å²) in [5.74, 6) is -0.123. The van der Waals surface area contributed by atoms with Crippen molar-refractivity contribution in [3.05, 3.63) is 0 Å². The Bertz CT molecular complexity index is 319. The van der Waals surface area contributed by atoms with Crippen LogP contribution >= 0.6 is 0 Å². The standard InChI is InChI=1S/C12H20N2O3/c1-13-7-9(6-11(13)16)12(17)14-5-3-2-4-10(14)8-15/h9-10,15H,2-8H2,1H3. The Hall–Kier alpha value is -1.10. The minimum Gasteiger partial charge on any atom is -0.394 e. The van der Waals surface area contributed by atoms with Gasteiger partial charge in [0.15, 0.2) is 0 Å². The Morgan fingerprint density at radius 1 is 1.47 bits per heavy atom. The van der Waals surface area contributed by atoms with Crippen LogP contribution < -0.4 is 0 Å². The summed E-state index contributed by atoms with van der Waals surface area (Å²) < 4.78 is 0. The fraction of sp³-hybridized carbons (Fsp3) is 0.833. The highest BCUT2D eigenvalue weighted by molar-refractivity contribution is 5.89. The van der Waals surface area contributed by atoms with Gasteiger partial charge in [-0.2, -0.15) is 0 Å². The van der Waals surface area contributed by atoms with Crippen LogP contribution in [-0.2, 0) is 9.59 Å². The van der Waals surface area contributed by atoms with Gasteiger partial charge in [-0.05, 0) is 19.3 Å². The van der Waals surface area contributed by atoms with E-state index in [2.05, 4.69) is 0 Å². The Morgan fingerprint density at radius 3 is 2.82 bits per heavy atom. The maximum Gasteiger partial charge on any atom is 0.228 e. The molecule has 1 N–H and O–H groups in total. The summed E-state index contributed by atoms with van der Waals surface area (Å²) >= 11 is 0. The molecule has 0 aromatic carbocycles. The van der Waals surface area contributed by atoms with Crippen molar-refractivity contribution in [3.8, 4) is 0 Å². The van der Waals surface area contributed by atoms with Gasteiger partial charge in [0.25, 0.3) is 0 Å². The molecule has 2 rings (SSSR count). The smallest absolute Gasteiger partial charge is 0.228 e. The summed E-state index contributed by atoms with van der Waals surface area (Å²) in [5.41, 5.74) is 0. The molecule has 5 heteroatoms. The number of carbonyl (C=O) groups excluding carboxylic acids is 2. The highest BCUT2D eigenvalue weighted by Gasteiger charge is 2.37. The van der Waals surface area contributed by atoms with E-state index in [0.717, 1.165) is 25.8 Å². The van der Waals surface area contributed by atoms with Crippen molar-refractivity contribution in [1.82, 2.24) is 9.80 Å². The third-order valence-electron chi connectivity index (χ3n) is 3.81. The summed E-state index contributed by atoms with van der Waals surface area (Å²) in [6, 6.07) is -0.0442. The zero-order valence-electron chi connectivity index (χ0n) is 10.3. The first-order chi connectivity index (χ1) is 8.13. The molecule has 0 bridgehead atoms. The number of carbonyl (C=O) groups is 2. The molecule has 17 heavy (non-hydrogen) atoms. The number of piperidine rings is 1. The van der Waals surface area contributed by atoms with Crippen LogP contribution in [0.5, 0.6) is 0 Å². The number of aliphatic hydroxyl groups excluding tert-OH is 1. The second-order valence-electron chi connectivity index (χ2n) is 5.04. The lowest BCUT2D eigenvalue weighted by molar-refractivity contribution is -0.140. The monoisotopic (exact) mass is 240 g/mol. The van der Waals surface area contributed by atoms with Gasteiger partial charge >= 0.3 is 0 Å². The molecule has 2 heterocycles. The number of nitrogens with zero attached hydrogens (tertiary/aromatic N) is 2. The Morgan fingerprint density at radius 2 is 2.24 bits per heavy atom. The maximum absolute atomic E-state index is 12.3. The Kier molecular flexibility index (Phi) is 3.66. The maximum atomic E-state index is 12.3. The Labute approximate surface area is 101 Å². The van der Waals surface area contributed by atoms with Crippen LogP contribution in [0.2, 0.25) is 0 Å². The molecule has 2 atom stereocenters. The van der Waals surface area contributed by atoms with Gasteiger partial charge in [-0.15, -0.1) is 0 Å². The van der Waals surface area contributed by atoms with Crippen molar-refractivity contribution in [2.24, 2.45) is 5.92 Å². The molecular weight excluding hydrogens is 220 g/mol. The van der Waals surface area contributed by atoms with Crippen molar-refractivity contribution in [1.29, 1.82) is 0 Å². The predicted octanol–water partition coefficient (Wildman–Crippen LogP) is -0.162. The fourth-order valence-electron chi connectivity index (χ4n) is 2.74. The van der Waals surface area contributed by atoms with Gasteiger partial charge in [0, 0.05) is 26.6 Å². The average Bonchev–Trinajstić information content (AvgIpc) is 2.68. The van der Waals surface area contributed by atoms with Crippen molar-refractivity contribution in [2.45, 2.75) is 31.7 Å². The van der Waals surface area contributed by atoms with Crippen molar-refractivity contribution in [2.75, 3.05) is 26.7 Å². The van der Waals surface area contributed by atoms with E-state index in [-0.39, 0.29) is 30.4 Å². The molecule has 0 aliphatic carbocycles. The second kappa shape index (κ2) is 5.04. The molecule has 0 aromatic heterocycles. The molecule has 0 saturated carbocycles. The normalized spacial score (nSPS) is 29.9. The van der Waals surface area contributed by atoms with E-state index in [1.165, 1.54) is 0 Å². The quantitative estimate of drug-likeness (QED) is 0.729. The highest BCUT2D eigenvalue weighted by atomic mass is 16.3. The molecule has 2 amide bonds. The van der Waals surface area contributed by atoms with Crippen molar-refractivity contribution in [3.63, 3.8) is 0 Å². The molecule has 2 aliphatic rings. The molecule has 2 aliphatic heterocycles. The SMILES string of the molecule is CN1CC(C(=O)N2CCCCC2CO)CC1=O. The van der Waals surface area contributed by atoms with E-state index < -0.39 is 0 Å². The fourth-order valence-corrected chi connectivity index (χ4v) is 2.74. The largest absolute Gasteiger partial charge is 0.394 e. The van der Waals surface area contributed by atoms with Crippen LogP contribution in [0, 0.1) is 5.92 Å². The number of hydrogen-bond donors (Lipinski definition) is 1. The molecule has 2 unspecified atom stereocenters. The van der Waals surface area contributed by atoms with E-state index in [4.69, 9.17) is 0 Å². The zero-order valence-corrected chi connectivity index (χ0v) is 10.3.